The van der Waals surface area contributed by atoms with Gasteiger partial charge >= 0.3 is 39.5 Å². The highest BCUT2D eigenvalue weighted by Gasteiger charge is 2.30. The molecule has 0 amide bonds. The monoisotopic (exact) mass is 1300 g/mol. The van der Waals surface area contributed by atoms with E-state index in [0.717, 1.165) is 108 Å². The van der Waals surface area contributed by atoms with Gasteiger partial charge in [0.1, 0.15) is 19.3 Å². The third-order valence-corrected chi connectivity index (χ3v) is 17.8. The van der Waals surface area contributed by atoms with Crippen LogP contribution in [0.25, 0.3) is 0 Å². The molecule has 0 aromatic heterocycles. The van der Waals surface area contributed by atoms with E-state index in [2.05, 4.69) is 48.5 Å². The third kappa shape index (κ3) is 62.8. The molecular weight excluding hydrogens is 1160 g/mol. The highest BCUT2D eigenvalue weighted by atomic mass is 31.2. The minimum atomic E-state index is -4.95. The summed E-state index contributed by atoms with van der Waals surface area (Å²) in [5, 5.41) is 10.6. The van der Waals surface area contributed by atoms with Gasteiger partial charge in [-0.3, -0.25) is 37.3 Å². The lowest BCUT2D eigenvalue weighted by Crippen LogP contribution is -2.30. The number of ether oxygens (including phenoxy) is 4. The van der Waals surface area contributed by atoms with Crippen LogP contribution in [0.3, 0.4) is 0 Å². The molecule has 0 fully saturated rings. The average Bonchev–Trinajstić information content (AvgIpc) is 3.63. The molecule has 0 saturated heterocycles. The maximum absolute atomic E-state index is 13.0. The SMILES string of the molecule is CCCCCCCCCCCCCCCC(=O)OC[C@H](COP(=O)(O)OC[C@@H](O)COP(=O)(O)OC[C@@H](COC(=O)CCCCCCCCC(C)C)OC(=O)CCCCCCCCCCC(C)C)OC(=O)CCCCCCCCCCCCCCC(C)C. The van der Waals surface area contributed by atoms with Gasteiger partial charge in [0, 0.05) is 25.7 Å². The van der Waals surface area contributed by atoms with Crippen molar-refractivity contribution in [1.29, 1.82) is 0 Å². The summed E-state index contributed by atoms with van der Waals surface area (Å²) >= 11 is 0. The number of hydrogen-bond acceptors (Lipinski definition) is 15. The number of carbonyl (C=O) groups excluding carboxylic acids is 4. The fourth-order valence-electron chi connectivity index (χ4n) is 10.4. The Morgan fingerprint density at radius 3 is 0.773 bits per heavy atom. The summed E-state index contributed by atoms with van der Waals surface area (Å²) in [6.07, 6.45) is 43.2. The van der Waals surface area contributed by atoms with Crippen molar-refractivity contribution in [2.24, 2.45) is 17.8 Å². The molecule has 0 aliphatic rings. The van der Waals surface area contributed by atoms with Gasteiger partial charge in [0.15, 0.2) is 12.2 Å². The van der Waals surface area contributed by atoms with Crippen molar-refractivity contribution in [3.63, 3.8) is 0 Å². The second-order valence-electron chi connectivity index (χ2n) is 26.3. The van der Waals surface area contributed by atoms with Gasteiger partial charge in [-0.05, 0) is 43.4 Å². The van der Waals surface area contributed by atoms with Crippen LogP contribution in [0.5, 0.6) is 0 Å². The largest absolute Gasteiger partial charge is 0.472 e. The van der Waals surface area contributed by atoms with Crippen LogP contribution in [0.4, 0.5) is 0 Å². The van der Waals surface area contributed by atoms with Crippen LogP contribution in [0.2, 0.25) is 0 Å². The summed E-state index contributed by atoms with van der Waals surface area (Å²) in [6.45, 7) is 11.7. The van der Waals surface area contributed by atoms with Gasteiger partial charge in [-0.25, -0.2) is 9.13 Å². The van der Waals surface area contributed by atoms with Crippen LogP contribution < -0.4 is 0 Å². The van der Waals surface area contributed by atoms with Crippen LogP contribution in [0.15, 0.2) is 0 Å². The molecule has 0 aliphatic heterocycles. The minimum absolute atomic E-state index is 0.103. The first-order valence-electron chi connectivity index (χ1n) is 35.8. The summed E-state index contributed by atoms with van der Waals surface area (Å²) in [4.78, 5) is 72.4. The van der Waals surface area contributed by atoms with E-state index in [1.807, 2.05) is 0 Å². The van der Waals surface area contributed by atoms with Crippen molar-refractivity contribution in [2.75, 3.05) is 39.6 Å². The maximum Gasteiger partial charge on any atom is 0.472 e. The van der Waals surface area contributed by atoms with Gasteiger partial charge in [-0.2, -0.15) is 0 Å². The van der Waals surface area contributed by atoms with Gasteiger partial charge < -0.3 is 33.8 Å². The molecule has 0 aromatic rings. The predicted molar refractivity (Wildman–Crippen MR) is 354 cm³/mol. The summed E-state index contributed by atoms with van der Waals surface area (Å²) in [6, 6.07) is 0. The molecule has 2 unspecified atom stereocenters. The van der Waals surface area contributed by atoms with Crippen molar-refractivity contribution >= 4 is 39.5 Å². The second-order valence-corrected chi connectivity index (χ2v) is 29.3. The van der Waals surface area contributed by atoms with E-state index in [1.165, 1.54) is 148 Å². The molecule has 0 heterocycles. The van der Waals surface area contributed by atoms with Crippen LogP contribution in [-0.2, 0) is 65.4 Å². The molecule has 0 spiro atoms. The summed E-state index contributed by atoms with van der Waals surface area (Å²) in [5.41, 5.74) is 0. The van der Waals surface area contributed by atoms with Crippen molar-refractivity contribution < 1.29 is 80.2 Å². The molecule has 3 N–H and O–H groups in total. The van der Waals surface area contributed by atoms with E-state index in [4.69, 9.17) is 37.0 Å². The predicted octanol–water partition coefficient (Wildman–Crippen LogP) is 19.5. The van der Waals surface area contributed by atoms with Crippen LogP contribution in [0.1, 0.15) is 344 Å². The molecule has 0 rings (SSSR count). The van der Waals surface area contributed by atoms with E-state index >= 15 is 0 Å². The standard InChI is InChI=1S/C69H134O17P2/c1-8-9-10-11-12-13-14-15-19-22-28-36-43-50-66(71)79-56-64(85-68(73)52-45-38-29-23-20-17-16-18-21-26-33-40-47-60(2)3)58-83-87(75,76)81-54-63(70)55-82-88(77,78)84-59-65(57-80-67(72)51-44-37-32-31-35-42-49-62(6)7)86-69(74)53-46-39-30-25-24-27-34-41-48-61(4)5/h60-65,70H,8-59H2,1-7H3,(H,75,76)(H,77,78)/t63-,64-,65-/m1/s1. The van der Waals surface area contributed by atoms with E-state index in [9.17, 15) is 43.2 Å². The fraction of sp³-hybridized carbons (Fsp3) is 0.942. The Bertz CT molecular complexity index is 1730. The Hall–Kier alpha value is -1.94. The zero-order valence-electron chi connectivity index (χ0n) is 57.2. The molecule has 0 bridgehead atoms. The number of rotatable bonds is 67. The number of aliphatic hydroxyl groups is 1. The summed E-state index contributed by atoms with van der Waals surface area (Å²) in [7, 11) is -9.90. The Labute approximate surface area is 537 Å². The van der Waals surface area contributed by atoms with E-state index < -0.39 is 97.5 Å². The molecule has 522 valence electrons. The molecular formula is C69H134O17P2. The number of esters is 4. The quantitative estimate of drug-likeness (QED) is 0.0222. The van der Waals surface area contributed by atoms with E-state index in [0.29, 0.717) is 31.6 Å². The Morgan fingerprint density at radius 1 is 0.307 bits per heavy atom. The van der Waals surface area contributed by atoms with Gasteiger partial charge in [-0.15, -0.1) is 0 Å². The first kappa shape index (κ1) is 86.1. The Kier molecular flexibility index (Phi) is 58.7. The smallest absolute Gasteiger partial charge is 0.462 e. The highest BCUT2D eigenvalue weighted by molar-refractivity contribution is 7.47. The molecule has 0 saturated carbocycles. The van der Waals surface area contributed by atoms with Crippen LogP contribution >= 0.6 is 15.6 Å². The van der Waals surface area contributed by atoms with Gasteiger partial charge in [0.05, 0.1) is 26.4 Å². The molecule has 0 aliphatic carbocycles. The third-order valence-electron chi connectivity index (χ3n) is 15.9. The van der Waals surface area contributed by atoms with Crippen LogP contribution in [-0.4, -0.2) is 96.7 Å². The fourth-order valence-corrected chi connectivity index (χ4v) is 11.9. The summed E-state index contributed by atoms with van der Waals surface area (Å²) < 4.78 is 68.2. The number of aliphatic hydroxyl groups excluding tert-OH is 1. The Morgan fingerprint density at radius 2 is 0.523 bits per heavy atom. The van der Waals surface area contributed by atoms with Gasteiger partial charge in [0.25, 0.3) is 0 Å². The first-order chi connectivity index (χ1) is 42.2. The number of phosphoric ester groups is 2. The molecule has 19 heteroatoms. The van der Waals surface area contributed by atoms with Crippen LogP contribution in [0, 0.1) is 17.8 Å². The molecule has 88 heavy (non-hydrogen) atoms. The Balaban J connectivity index is 5.24. The van der Waals surface area contributed by atoms with E-state index in [-0.39, 0.29) is 25.7 Å². The molecule has 0 aromatic carbocycles. The zero-order chi connectivity index (χ0) is 65.2. The topological polar surface area (TPSA) is 237 Å². The van der Waals surface area contributed by atoms with Crippen molar-refractivity contribution in [1.82, 2.24) is 0 Å². The molecule has 0 radical (unpaired) electrons. The summed E-state index contributed by atoms with van der Waals surface area (Å²) in [5.74, 6) is 0.0444. The lowest BCUT2D eigenvalue weighted by molar-refractivity contribution is -0.161. The number of phosphoric acid groups is 2. The first-order valence-corrected chi connectivity index (χ1v) is 38.8. The van der Waals surface area contributed by atoms with Crippen molar-refractivity contribution in [2.45, 2.75) is 362 Å². The number of carbonyl (C=O) groups is 4. The number of hydrogen-bond donors (Lipinski definition) is 3. The maximum atomic E-state index is 13.0. The minimum Gasteiger partial charge on any atom is -0.462 e. The lowest BCUT2D eigenvalue weighted by atomic mass is 10.0. The van der Waals surface area contributed by atoms with Crippen molar-refractivity contribution in [3.05, 3.63) is 0 Å². The number of unbranched alkanes of at least 4 members (excludes halogenated alkanes) is 35. The lowest BCUT2D eigenvalue weighted by Gasteiger charge is -2.21. The van der Waals surface area contributed by atoms with Crippen molar-refractivity contribution in [3.8, 4) is 0 Å². The zero-order valence-corrected chi connectivity index (χ0v) is 59.0. The van der Waals surface area contributed by atoms with Gasteiger partial charge in [-0.1, -0.05) is 292 Å². The normalized spacial score (nSPS) is 14.2. The average molecular weight is 1300 g/mol. The van der Waals surface area contributed by atoms with Gasteiger partial charge in [0.2, 0.25) is 0 Å². The molecule has 17 nitrogen and oxygen atoms in total. The van der Waals surface area contributed by atoms with E-state index in [1.54, 1.807) is 0 Å². The molecule has 5 atom stereocenters. The second kappa shape index (κ2) is 60.0. The highest BCUT2D eigenvalue weighted by Crippen LogP contribution is 2.45.